The molecule has 0 aromatic carbocycles. The van der Waals surface area contributed by atoms with Gasteiger partial charge in [0.05, 0.1) is 0 Å². The molecule has 0 aromatic heterocycles. The molecular weight excluding hydrogens is 451 g/mol. The van der Waals surface area contributed by atoms with Gasteiger partial charge in [-0.1, -0.05) is 155 Å². The summed E-state index contributed by atoms with van der Waals surface area (Å²) in [6.07, 6.45) is 34.4. The maximum Gasteiger partial charge on any atom is 0.488 e. The molecule has 4 aliphatic rings. The van der Waals surface area contributed by atoms with E-state index in [1.165, 1.54) is 154 Å². The second-order valence-corrected chi connectivity index (χ2v) is 13.8. The van der Waals surface area contributed by atoms with Gasteiger partial charge in [-0.3, -0.25) is 0 Å². The minimum Gasteiger partial charge on any atom is -0.410 e. The summed E-state index contributed by atoms with van der Waals surface area (Å²) in [5.41, 5.74) is 0. The average Bonchev–Trinajstić information content (AvgIpc) is 2.96. The summed E-state index contributed by atoms with van der Waals surface area (Å²) in [6.45, 7) is 4.72. The predicted octanol–water partition coefficient (Wildman–Crippen LogP) is 10.4. The zero-order valence-corrected chi connectivity index (χ0v) is 25.0. The molecular formula is C34H62BO2. The van der Waals surface area contributed by atoms with E-state index in [0.29, 0.717) is 12.2 Å². The maximum atomic E-state index is 6.81. The van der Waals surface area contributed by atoms with Crippen molar-refractivity contribution in [3.63, 3.8) is 0 Å². The fraction of sp³-hybridized carbons (Fsp3) is 1.00. The highest BCUT2D eigenvalue weighted by molar-refractivity contribution is 6.18. The van der Waals surface area contributed by atoms with Gasteiger partial charge in [0.2, 0.25) is 0 Å². The highest BCUT2D eigenvalue weighted by Crippen LogP contribution is 2.45. The van der Waals surface area contributed by atoms with Crippen LogP contribution in [0.3, 0.4) is 0 Å². The second kappa shape index (κ2) is 16.9. The van der Waals surface area contributed by atoms with Gasteiger partial charge < -0.3 is 9.31 Å². The fourth-order valence-corrected chi connectivity index (χ4v) is 9.51. The molecule has 37 heavy (non-hydrogen) atoms. The summed E-state index contributed by atoms with van der Waals surface area (Å²) in [4.78, 5) is 0. The van der Waals surface area contributed by atoms with Crippen molar-refractivity contribution in [2.45, 2.75) is 180 Å². The average molecular weight is 514 g/mol. The Morgan fingerprint density at radius 1 is 0.459 bits per heavy atom. The lowest BCUT2D eigenvalue weighted by molar-refractivity contribution is -0.0198. The molecule has 0 aromatic rings. The number of hydrogen-bond donors (Lipinski definition) is 0. The van der Waals surface area contributed by atoms with Crippen molar-refractivity contribution >= 4 is 7.69 Å². The zero-order chi connectivity index (χ0) is 25.7. The molecule has 0 bridgehead atoms. The van der Waals surface area contributed by atoms with Crippen LogP contribution in [-0.2, 0) is 9.31 Å². The predicted molar refractivity (Wildman–Crippen MR) is 159 cm³/mol. The van der Waals surface area contributed by atoms with E-state index in [-0.39, 0.29) is 0 Å². The van der Waals surface area contributed by atoms with Crippen molar-refractivity contribution in [3.05, 3.63) is 0 Å². The van der Waals surface area contributed by atoms with E-state index >= 15 is 0 Å². The first-order chi connectivity index (χ1) is 18.3. The molecule has 0 aliphatic heterocycles. The van der Waals surface area contributed by atoms with Gasteiger partial charge >= 0.3 is 7.69 Å². The van der Waals surface area contributed by atoms with Crippen LogP contribution in [0.1, 0.15) is 168 Å². The third-order valence-corrected chi connectivity index (χ3v) is 11.2. The van der Waals surface area contributed by atoms with Gasteiger partial charge in [0.25, 0.3) is 0 Å². The van der Waals surface area contributed by atoms with E-state index in [1.54, 1.807) is 0 Å². The van der Waals surface area contributed by atoms with E-state index < -0.39 is 0 Å². The third-order valence-electron chi connectivity index (χ3n) is 11.2. The molecule has 0 saturated heterocycles. The van der Waals surface area contributed by atoms with Crippen molar-refractivity contribution in [2.24, 2.45) is 35.5 Å². The smallest absolute Gasteiger partial charge is 0.410 e. The Labute approximate surface area is 232 Å². The maximum absolute atomic E-state index is 6.81. The van der Waals surface area contributed by atoms with E-state index in [0.717, 1.165) is 35.5 Å². The van der Waals surface area contributed by atoms with Crippen LogP contribution in [0, 0.1) is 35.5 Å². The van der Waals surface area contributed by atoms with Crippen LogP contribution in [0.5, 0.6) is 0 Å². The van der Waals surface area contributed by atoms with Gasteiger partial charge in [0.1, 0.15) is 0 Å². The van der Waals surface area contributed by atoms with Crippen LogP contribution >= 0.6 is 0 Å². The highest BCUT2D eigenvalue weighted by atomic mass is 16.6. The standard InChI is InChI=1S/C34H62BO2/c1-3-17-31(33(27-19-9-5-10-20-27)28-21-11-6-12-22-28)36-35-37-32(18-4-2)34(29-23-13-7-14-24-29)30-25-15-8-16-26-30/h27-34H,3-26H2,1-2H3. The molecule has 4 saturated carbocycles. The molecule has 4 aliphatic carbocycles. The topological polar surface area (TPSA) is 18.5 Å². The molecule has 0 N–H and O–H groups in total. The Hall–Kier alpha value is -0.0151. The van der Waals surface area contributed by atoms with Gasteiger partial charge in [-0.15, -0.1) is 0 Å². The Bertz CT molecular complexity index is 486. The lowest BCUT2D eigenvalue weighted by Crippen LogP contribution is -2.41. The summed E-state index contributed by atoms with van der Waals surface area (Å²) in [6, 6.07) is 0. The van der Waals surface area contributed by atoms with Crippen LogP contribution < -0.4 is 0 Å². The Morgan fingerprint density at radius 2 is 0.730 bits per heavy atom. The summed E-state index contributed by atoms with van der Waals surface area (Å²) in [5.74, 6) is 5.02. The summed E-state index contributed by atoms with van der Waals surface area (Å²) < 4.78 is 13.6. The molecule has 2 unspecified atom stereocenters. The number of rotatable bonds is 14. The lowest BCUT2D eigenvalue weighted by atomic mass is 9.66. The molecule has 4 rings (SSSR count). The highest BCUT2D eigenvalue weighted by Gasteiger charge is 2.39. The molecule has 2 nitrogen and oxygen atoms in total. The normalized spacial score (nSPS) is 25.5. The SMILES string of the molecule is CCCC(O[B]OC(CCC)C(C1CCCCC1)C1CCCCC1)C(C1CCCCC1)C1CCCCC1. The quantitative estimate of drug-likeness (QED) is 0.215. The van der Waals surface area contributed by atoms with Gasteiger partial charge in [-0.05, 0) is 48.3 Å². The molecule has 3 heteroatoms. The molecule has 0 heterocycles. The van der Waals surface area contributed by atoms with Crippen molar-refractivity contribution < 1.29 is 9.31 Å². The van der Waals surface area contributed by atoms with E-state index in [4.69, 9.17) is 9.31 Å². The second-order valence-electron chi connectivity index (χ2n) is 13.8. The van der Waals surface area contributed by atoms with Crippen molar-refractivity contribution in [3.8, 4) is 0 Å². The van der Waals surface area contributed by atoms with E-state index in [2.05, 4.69) is 13.8 Å². The van der Waals surface area contributed by atoms with Crippen LogP contribution in [-0.4, -0.2) is 19.9 Å². The van der Waals surface area contributed by atoms with Crippen LogP contribution in [0.15, 0.2) is 0 Å². The van der Waals surface area contributed by atoms with Crippen molar-refractivity contribution in [2.75, 3.05) is 0 Å². The third kappa shape index (κ3) is 8.99. The minimum atomic E-state index is 0.362. The first kappa shape index (κ1) is 30.0. The largest absolute Gasteiger partial charge is 0.488 e. The molecule has 4 fully saturated rings. The van der Waals surface area contributed by atoms with Crippen LogP contribution in [0.4, 0.5) is 0 Å². The van der Waals surface area contributed by atoms with Gasteiger partial charge in [-0.25, -0.2) is 0 Å². The van der Waals surface area contributed by atoms with Crippen molar-refractivity contribution in [1.82, 2.24) is 0 Å². The Balaban J connectivity index is 1.43. The van der Waals surface area contributed by atoms with E-state index in [9.17, 15) is 0 Å². The fourth-order valence-electron chi connectivity index (χ4n) is 9.51. The molecule has 1 radical (unpaired) electrons. The van der Waals surface area contributed by atoms with Gasteiger partial charge in [0.15, 0.2) is 0 Å². The van der Waals surface area contributed by atoms with Crippen LogP contribution in [0.2, 0.25) is 0 Å². The van der Waals surface area contributed by atoms with Crippen LogP contribution in [0.25, 0.3) is 0 Å². The van der Waals surface area contributed by atoms with Gasteiger partial charge in [0, 0.05) is 12.2 Å². The lowest BCUT2D eigenvalue weighted by Gasteiger charge is -2.44. The monoisotopic (exact) mass is 513 g/mol. The first-order valence-corrected chi connectivity index (χ1v) is 17.4. The number of hydrogen-bond acceptors (Lipinski definition) is 2. The van der Waals surface area contributed by atoms with Gasteiger partial charge in [-0.2, -0.15) is 0 Å². The summed E-state index contributed by atoms with van der Waals surface area (Å²) in [7, 11) is 1.91. The Kier molecular flexibility index (Phi) is 13.7. The summed E-state index contributed by atoms with van der Waals surface area (Å²) in [5, 5.41) is 0. The first-order valence-electron chi connectivity index (χ1n) is 17.4. The molecule has 213 valence electrons. The minimum absolute atomic E-state index is 0.362. The molecule has 2 atom stereocenters. The molecule has 0 spiro atoms. The summed E-state index contributed by atoms with van der Waals surface area (Å²) >= 11 is 0. The zero-order valence-electron chi connectivity index (χ0n) is 25.0. The Morgan fingerprint density at radius 3 is 0.973 bits per heavy atom. The van der Waals surface area contributed by atoms with E-state index in [1.807, 2.05) is 7.69 Å². The molecule has 0 amide bonds. The van der Waals surface area contributed by atoms with Crippen molar-refractivity contribution in [1.29, 1.82) is 0 Å².